The molecule has 4 heteroatoms. The molecule has 1 aliphatic heterocycles. The third kappa shape index (κ3) is 2.36. The summed E-state index contributed by atoms with van der Waals surface area (Å²) in [5, 5.41) is 13.3. The summed E-state index contributed by atoms with van der Waals surface area (Å²) in [6.07, 6.45) is 0.528. The van der Waals surface area contributed by atoms with Gasteiger partial charge in [0.25, 0.3) is 0 Å². The average Bonchev–Trinajstić information content (AvgIpc) is 2.49. The quantitative estimate of drug-likeness (QED) is 0.833. The maximum atomic E-state index is 9.91. The van der Waals surface area contributed by atoms with Crippen molar-refractivity contribution in [1.29, 1.82) is 0 Å². The van der Waals surface area contributed by atoms with Crippen molar-refractivity contribution in [2.75, 3.05) is 6.54 Å². The first-order valence-corrected chi connectivity index (χ1v) is 5.61. The lowest BCUT2D eigenvalue weighted by atomic mass is 9.88. The van der Waals surface area contributed by atoms with Gasteiger partial charge in [0.05, 0.1) is 11.6 Å². The fourth-order valence-electron chi connectivity index (χ4n) is 1.98. The van der Waals surface area contributed by atoms with Gasteiger partial charge in [-0.25, -0.2) is 0 Å². The molecule has 0 bridgehead atoms. The van der Waals surface area contributed by atoms with Gasteiger partial charge >= 0.3 is 0 Å². The van der Waals surface area contributed by atoms with Crippen molar-refractivity contribution in [2.24, 2.45) is 0 Å². The summed E-state index contributed by atoms with van der Waals surface area (Å²) in [6, 6.07) is 8.10. The van der Waals surface area contributed by atoms with E-state index in [4.69, 9.17) is 0 Å². The molecule has 2 nitrogen and oxygen atoms in total. The molecular formula is C11H15BrClNO. The number of hydrogen-bond donors (Lipinski definition) is 2. The highest BCUT2D eigenvalue weighted by Crippen LogP contribution is 2.31. The first kappa shape index (κ1) is 13.0. The molecule has 1 aromatic rings. The summed E-state index contributed by atoms with van der Waals surface area (Å²) in [4.78, 5) is 0. The monoisotopic (exact) mass is 291 g/mol. The summed E-state index contributed by atoms with van der Waals surface area (Å²) in [5.41, 5.74) is 0.848. The minimum Gasteiger partial charge on any atom is -0.391 e. The Morgan fingerprint density at radius 3 is 2.80 bits per heavy atom. The third-order valence-corrected chi connectivity index (χ3v) is 3.49. The summed E-state index contributed by atoms with van der Waals surface area (Å²) in [6.45, 7) is 2.93. The van der Waals surface area contributed by atoms with Gasteiger partial charge < -0.3 is 10.4 Å². The summed E-state index contributed by atoms with van der Waals surface area (Å²) < 4.78 is 1.05. The summed E-state index contributed by atoms with van der Waals surface area (Å²) in [5.74, 6) is 0. The normalized spacial score (nSPS) is 29.9. The lowest BCUT2D eigenvalue weighted by molar-refractivity contribution is 0.107. The highest BCUT2D eigenvalue weighted by Gasteiger charge is 2.38. The standard InChI is InChI=1S/C11H14BrNO.ClH/c1-11(10(14)5-6-13-11)8-3-2-4-9(12)7-8;/h2-4,7,10,13-14H,5-6H2,1H3;1H. The van der Waals surface area contributed by atoms with Crippen molar-refractivity contribution in [3.05, 3.63) is 34.3 Å². The Balaban J connectivity index is 0.00000112. The number of nitrogens with one attached hydrogen (secondary N) is 1. The zero-order valence-electron chi connectivity index (χ0n) is 8.53. The molecule has 1 heterocycles. The zero-order valence-corrected chi connectivity index (χ0v) is 10.9. The van der Waals surface area contributed by atoms with E-state index in [1.807, 2.05) is 25.1 Å². The molecule has 0 spiro atoms. The lowest BCUT2D eigenvalue weighted by Crippen LogP contribution is -2.41. The molecule has 1 aromatic carbocycles. The molecule has 0 aromatic heterocycles. The van der Waals surface area contributed by atoms with Gasteiger partial charge in [-0.05, 0) is 37.6 Å². The number of halogens is 2. The summed E-state index contributed by atoms with van der Waals surface area (Å²) in [7, 11) is 0. The van der Waals surface area contributed by atoms with Crippen molar-refractivity contribution in [3.63, 3.8) is 0 Å². The van der Waals surface area contributed by atoms with E-state index in [1.165, 1.54) is 0 Å². The Kier molecular flexibility index (Phi) is 4.18. The largest absolute Gasteiger partial charge is 0.391 e. The van der Waals surface area contributed by atoms with Crippen molar-refractivity contribution in [1.82, 2.24) is 5.32 Å². The Bertz CT molecular complexity index is 347. The topological polar surface area (TPSA) is 32.3 Å². The van der Waals surface area contributed by atoms with Crippen LogP contribution in [0.3, 0.4) is 0 Å². The summed E-state index contributed by atoms with van der Waals surface area (Å²) >= 11 is 3.44. The Morgan fingerprint density at radius 1 is 1.53 bits per heavy atom. The molecule has 2 rings (SSSR count). The molecule has 0 saturated carbocycles. The minimum absolute atomic E-state index is 0. The zero-order chi connectivity index (χ0) is 10.2. The number of benzene rings is 1. The fraction of sp³-hybridized carbons (Fsp3) is 0.455. The molecule has 0 aliphatic carbocycles. The number of aliphatic hydroxyl groups excluding tert-OH is 1. The molecule has 84 valence electrons. The van der Waals surface area contributed by atoms with Gasteiger partial charge in [0.1, 0.15) is 0 Å². The van der Waals surface area contributed by atoms with Gasteiger partial charge in [0, 0.05) is 4.47 Å². The molecular weight excluding hydrogens is 277 g/mol. The van der Waals surface area contributed by atoms with Crippen molar-refractivity contribution in [3.8, 4) is 0 Å². The van der Waals surface area contributed by atoms with Gasteiger partial charge in [-0.2, -0.15) is 0 Å². The maximum absolute atomic E-state index is 9.91. The number of aliphatic hydroxyl groups is 1. The predicted molar refractivity (Wildman–Crippen MR) is 67.4 cm³/mol. The van der Waals surface area contributed by atoms with Crippen LogP contribution in [0.2, 0.25) is 0 Å². The lowest BCUT2D eigenvalue weighted by Gasteiger charge is -2.29. The fourth-order valence-corrected chi connectivity index (χ4v) is 2.38. The second-order valence-electron chi connectivity index (χ2n) is 3.94. The third-order valence-electron chi connectivity index (χ3n) is 3.00. The van der Waals surface area contributed by atoms with E-state index in [9.17, 15) is 5.11 Å². The minimum atomic E-state index is -0.295. The first-order valence-electron chi connectivity index (χ1n) is 4.82. The molecule has 2 unspecified atom stereocenters. The van der Waals surface area contributed by atoms with Crippen LogP contribution in [0.15, 0.2) is 28.7 Å². The molecule has 1 fully saturated rings. The Hall–Kier alpha value is -0.0900. The number of hydrogen-bond acceptors (Lipinski definition) is 2. The molecule has 1 aliphatic rings. The average molecular weight is 293 g/mol. The highest BCUT2D eigenvalue weighted by atomic mass is 79.9. The van der Waals surface area contributed by atoms with E-state index in [2.05, 4.69) is 27.3 Å². The smallest absolute Gasteiger partial charge is 0.0772 e. The van der Waals surface area contributed by atoms with Gasteiger partial charge in [0.15, 0.2) is 0 Å². The van der Waals surface area contributed by atoms with Crippen molar-refractivity contribution in [2.45, 2.75) is 25.0 Å². The predicted octanol–water partition coefficient (Wildman–Crippen LogP) is 2.44. The van der Waals surface area contributed by atoms with Crippen molar-refractivity contribution < 1.29 is 5.11 Å². The van der Waals surface area contributed by atoms with E-state index >= 15 is 0 Å². The van der Waals surface area contributed by atoms with Crippen LogP contribution in [0.25, 0.3) is 0 Å². The highest BCUT2D eigenvalue weighted by molar-refractivity contribution is 9.10. The van der Waals surface area contributed by atoms with Gasteiger partial charge in [-0.3, -0.25) is 0 Å². The molecule has 0 amide bonds. The van der Waals surface area contributed by atoms with Gasteiger partial charge in [0.2, 0.25) is 0 Å². The van der Waals surface area contributed by atoms with E-state index in [0.29, 0.717) is 0 Å². The van der Waals surface area contributed by atoms with Crippen LogP contribution < -0.4 is 5.32 Å². The maximum Gasteiger partial charge on any atom is 0.0772 e. The van der Waals surface area contributed by atoms with E-state index in [0.717, 1.165) is 23.0 Å². The molecule has 0 radical (unpaired) electrons. The Labute approximate surface area is 105 Å². The van der Waals surface area contributed by atoms with Crippen LogP contribution in [-0.2, 0) is 5.54 Å². The first-order chi connectivity index (χ1) is 6.63. The van der Waals surface area contributed by atoms with E-state index in [1.54, 1.807) is 0 Å². The second kappa shape index (κ2) is 4.83. The molecule has 1 saturated heterocycles. The second-order valence-corrected chi connectivity index (χ2v) is 4.86. The Morgan fingerprint density at radius 2 is 2.27 bits per heavy atom. The molecule has 2 atom stereocenters. The molecule has 2 N–H and O–H groups in total. The van der Waals surface area contributed by atoms with E-state index in [-0.39, 0.29) is 24.0 Å². The molecule has 15 heavy (non-hydrogen) atoms. The number of rotatable bonds is 1. The van der Waals surface area contributed by atoms with Crippen LogP contribution in [0.1, 0.15) is 18.9 Å². The van der Waals surface area contributed by atoms with E-state index < -0.39 is 0 Å². The van der Waals surface area contributed by atoms with Crippen LogP contribution in [0, 0.1) is 0 Å². The van der Waals surface area contributed by atoms with Gasteiger partial charge in [-0.1, -0.05) is 28.1 Å². The van der Waals surface area contributed by atoms with Crippen LogP contribution in [-0.4, -0.2) is 17.8 Å². The SMILES string of the molecule is CC1(c2cccc(Br)c2)NCCC1O.Cl. The van der Waals surface area contributed by atoms with Crippen molar-refractivity contribution >= 4 is 28.3 Å². The van der Waals surface area contributed by atoms with Crippen LogP contribution >= 0.6 is 28.3 Å². The van der Waals surface area contributed by atoms with Gasteiger partial charge in [-0.15, -0.1) is 12.4 Å². The van der Waals surface area contributed by atoms with Crippen LogP contribution in [0.4, 0.5) is 0 Å². The van der Waals surface area contributed by atoms with Crippen LogP contribution in [0.5, 0.6) is 0 Å².